The summed E-state index contributed by atoms with van der Waals surface area (Å²) in [6, 6.07) is 9.96. The number of hydrazone groups is 1. The summed E-state index contributed by atoms with van der Waals surface area (Å²) < 4.78 is 5.52. The minimum atomic E-state index is -0.616. The molecule has 0 atom stereocenters. The van der Waals surface area contributed by atoms with Gasteiger partial charge in [-0.15, -0.1) is 0 Å². The van der Waals surface area contributed by atoms with E-state index in [4.69, 9.17) is 4.74 Å². The van der Waals surface area contributed by atoms with Crippen molar-refractivity contribution in [3.63, 3.8) is 0 Å². The van der Waals surface area contributed by atoms with Crippen LogP contribution in [0.4, 0.5) is 5.69 Å². The summed E-state index contributed by atoms with van der Waals surface area (Å²) in [5.41, 5.74) is 2.37. The molecule has 10 nitrogen and oxygen atoms in total. The molecule has 3 N–H and O–H groups in total. The van der Waals surface area contributed by atoms with Gasteiger partial charge in [0.1, 0.15) is 11.5 Å². The Morgan fingerprint density at radius 2 is 1.97 bits per heavy atom. The van der Waals surface area contributed by atoms with Crippen LogP contribution < -0.4 is 15.5 Å². The van der Waals surface area contributed by atoms with Crippen LogP contribution in [0.15, 0.2) is 47.6 Å². The van der Waals surface area contributed by atoms with Crippen molar-refractivity contribution in [2.45, 2.75) is 19.8 Å². The second kappa shape index (κ2) is 11.1. The number of carbonyl (C=O) groups is 2. The molecule has 2 aromatic rings. The molecule has 0 aromatic heterocycles. The number of phenols is 1. The van der Waals surface area contributed by atoms with Gasteiger partial charge in [-0.3, -0.25) is 19.7 Å². The number of hydrogen-bond acceptors (Lipinski definition) is 7. The van der Waals surface area contributed by atoms with Gasteiger partial charge in [0.15, 0.2) is 0 Å². The Hall–Kier alpha value is -3.95. The van der Waals surface area contributed by atoms with Gasteiger partial charge in [-0.25, -0.2) is 5.43 Å². The molecular weight excluding hydrogens is 392 g/mol. The molecule has 0 heterocycles. The topological polar surface area (TPSA) is 143 Å². The van der Waals surface area contributed by atoms with E-state index in [2.05, 4.69) is 22.8 Å². The van der Waals surface area contributed by atoms with Crippen molar-refractivity contribution in [3.05, 3.63) is 63.7 Å². The maximum absolute atomic E-state index is 12.1. The molecule has 0 bridgehead atoms. The Bertz CT molecular complexity index is 927. The highest BCUT2D eigenvalue weighted by molar-refractivity contribution is 5.96. The summed E-state index contributed by atoms with van der Waals surface area (Å²) in [7, 11) is 0. The fourth-order valence-corrected chi connectivity index (χ4v) is 2.27. The van der Waals surface area contributed by atoms with Gasteiger partial charge in [0.05, 0.1) is 24.3 Å². The summed E-state index contributed by atoms with van der Waals surface area (Å²) in [6.07, 6.45) is 3.04. The minimum Gasteiger partial charge on any atom is -0.507 e. The largest absolute Gasteiger partial charge is 0.507 e. The number of hydrogen-bond donors (Lipinski definition) is 3. The third-order valence-electron chi connectivity index (χ3n) is 3.91. The van der Waals surface area contributed by atoms with E-state index in [1.165, 1.54) is 0 Å². The third-order valence-corrected chi connectivity index (χ3v) is 3.91. The molecule has 30 heavy (non-hydrogen) atoms. The fraction of sp³-hybridized carbons (Fsp3) is 0.250. The highest BCUT2D eigenvalue weighted by Gasteiger charge is 2.10. The SMILES string of the molecule is CCCCOc1ccc(C(=O)NCC(=O)NN=Cc2cc([N+](=O)[O-])ccc2O)cc1. The summed E-state index contributed by atoms with van der Waals surface area (Å²) in [4.78, 5) is 34.0. The van der Waals surface area contributed by atoms with Crippen LogP contribution >= 0.6 is 0 Å². The first-order valence-corrected chi connectivity index (χ1v) is 9.21. The fourth-order valence-electron chi connectivity index (χ4n) is 2.27. The zero-order chi connectivity index (χ0) is 21.9. The maximum Gasteiger partial charge on any atom is 0.270 e. The lowest BCUT2D eigenvalue weighted by Crippen LogP contribution is -2.34. The molecule has 0 radical (unpaired) electrons. The zero-order valence-electron chi connectivity index (χ0n) is 16.3. The number of aromatic hydroxyl groups is 1. The molecule has 10 heteroatoms. The number of benzene rings is 2. The first kappa shape index (κ1) is 22.3. The van der Waals surface area contributed by atoms with Gasteiger partial charge < -0.3 is 15.2 Å². The number of nitrogens with one attached hydrogen (secondary N) is 2. The lowest BCUT2D eigenvalue weighted by molar-refractivity contribution is -0.384. The number of ether oxygens (including phenoxy) is 1. The van der Waals surface area contributed by atoms with E-state index in [0.717, 1.165) is 37.3 Å². The smallest absolute Gasteiger partial charge is 0.270 e. The molecule has 0 aliphatic rings. The van der Waals surface area contributed by atoms with Gasteiger partial charge in [-0.2, -0.15) is 5.10 Å². The molecule has 2 aromatic carbocycles. The van der Waals surface area contributed by atoms with Crippen LogP contribution in [0.2, 0.25) is 0 Å². The van der Waals surface area contributed by atoms with E-state index in [0.29, 0.717) is 17.9 Å². The maximum atomic E-state index is 12.1. The number of nitro benzene ring substituents is 1. The summed E-state index contributed by atoms with van der Waals surface area (Å²) in [6.45, 7) is 2.35. The van der Waals surface area contributed by atoms with Crippen molar-refractivity contribution in [3.8, 4) is 11.5 Å². The van der Waals surface area contributed by atoms with E-state index in [-0.39, 0.29) is 23.5 Å². The lowest BCUT2D eigenvalue weighted by Gasteiger charge is -2.07. The summed E-state index contributed by atoms with van der Waals surface area (Å²) >= 11 is 0. The monoisotopic (exact) mass is 414 g/mol. The number of nitrogens with zero attached hydrogens (tertiary/aromatic N) is 2. The van der Waals surface area contributed by atoms with Crippen LogP contribution in [0.25, 0.3) is 0 Å². The predicted octanol–water partition coefficient (Wildman–Crippen LogP) is 2.36. The van der Waals surface area contributed by atoms with Crippen molar-refractivity contribution in [1.29, 1.82) is 0 Å². The Balaban J connectivity index is 1.81. The van der Waals surface area contributed by atoms with Crippen molar-refractivity contribution in [1.82, 2.24) is 10.7 Å². The van der Waals surface area contributed by atoms with Crippen LogP contribution in [0.5, 0.6) is 11.5 Å². The van der Waals surface area contributed by atoms with Crippen LogP contribution in [0.3, 0.4) is 0 Å². The number of phenolic OH excluding ortho intramolecular Hbond substituents is 1. The lowest BCUT2D eigenvalue weighted by atomic mass is 10.2. The molecule has 158 valence electrons. The van der Waals surface area contributed by atoms with Crippen molar-refractivity contribution < 1.29 is 24.4 Å². The zero-order valence-corrected chi connectivity index (χ0v) is 16.3. The average molecular weight is 414 g/mol. The number of unbranched alkanes of at least 4 members (excludes halogenated alkanes) is 1. The second-order valence-corrected chi connectivity index (χ2v) is 6.20. The molecule has 0 spiro atoms. The van der Waals surface area contributed by atoms with Crippen molar-refractivity contribution in [2.24, 2.45) is 5.10 Å². The highest BCUT2D eigenvalue weighted by Crippen LogP contribution is 2.21. The minimum absolute atomic E-state index is 0.0646. The number of nitro groups is 1. The molecule has 2 rings (SSSR count). The van der Waals surface area contributed by atoms with Gasteiger partial charge in [-0.1, -0.05) is 13.3 Å². The van der Waals surface area contributed by atoms with Crippen LogP contribution in [0.1, 0.15) is 35.7 Å². The number of rotatable bonds is 10. The number of non-ortho nitro benzene ring substituents is 1. The van der Waals surface area contributed by atoms with E-state index < -0.39 is 16.7 Å². The Labute approximate surface area is 172 Å². The molecule has 0 saturated carbocycles. The van der Waals surface area contributed by atoms with E-state index in [9.17, 15) is 24.8 Å². The Kier molecular flexibility index (Phi) is 8.30. The Morgan fingerprint density at radius 3 is 2.63 bits per heavy atom. The van der Waals surface area contributed by atoms with E-state index >= 15 is 0 Å². The molecule has 0 aliphatic carbocycles. The molecule has 2 amide bonds. The van der Waals surface area contributed by atoms with Gasteiger partial charge in [0, 0.05) is 23.3 Å². The first-order valence-electron chi connectivity index (χ1n) is 9.21. The molecule has 0 aliphatic heterocycles. The van der Waals surface area contributed by atoms with E-state index in [1.807, 2.05) is 0 Å². The van der Waals surface area contributed by atoms with Gasteiger partial charge in [0.25, 0.3) is 17.5 Å². The predicted molar refractivity (Wildman–Crippen MR) is 110 cm³/mol. The quantitative estimate of drug-likeness (QED) is 0.236. The third kappa shape index (κ3) is 6.89. The summed E-state index contributed by atoms with van der Waals surface area (Å²) in [5.74, 6) is -0.611. The molecule has 0 fully saturated rings. The number of carbonyl (C=O) groups excluding carboxylic acids is 2. The first-order chi connectivity index (χ1) is 14.4. The van der Waals surface area contributed by atoms with Crippen LogP contribution in [-0.2, 0) is 4.79 Å². The Morgan fingerprint density at radius 1 is 1.23 bits per heavy atom. The van der Waals surface area contributed by atoms with Crippen LogP contribution in [0, 0.1) is 10.1 Å². The van der Waals surface area contributed by atoms with Gasteiger partial charge >= 0.3 is 0 Å². The number of amides is 2. The van der Waals surface area contributed by atoms with Gasteiger partial charge in [-0.05, 0) is 36.8 Å². The summed E-state index contributed by atoms with van der Waals surface area (Å²) in [5, 5.41) is 26.5. The second-order valence-electron chi connectivity index (χ2n) is 6.20. The van der Waals surface area contributed by atoms with Crippen LogP contribution in [-0.4, -0.2) is 41.2 Å². The van der Waals surface area contributed by atoms with Crippen molar-refractivity contribution in [2.75, 3.05) is 13.2 Å². The van der Waals surface area contributed by atoms with Gasteiger partial charge in [0.2, 0.25) is 0 Å². The normalized spacial score (nSPS) is 10.6. The average Bonchev–Trinajstić information content (AvgIpc) is 2.74. The molecule has 0 unspecified atom stereocenters. The molecular formula is C20H22N4O6. The molecule has 0 saturated heterocycles. The van der Waals surface area contributed by atoms with Crippen molar-refractivity contribution >= 4 is 23.7 Å². The van der Waals surface area contributed by atoms with E-state index in [1.54, 1.807) is 24.3 Å². The standard InChI is InChI=1S/C20H22N4O6/c1-2-3-10-30-17-7-4-14(5-8-17)20(27)21-13-19(26)23-22-12-15-11-16(24(28)29)6-9-18(15)25/h4-9,11-12,25H,2-3,10,13H2,1H3,(H,21,27)(H,23,26). The highest BCUT2D eigenvalue weighted by atomic mass is 16.6.